The van der Waals surface area contributed by atoms with Crippen molar-refractivity contribution in [2.45, 2.75) is 25.6 Å². The van der Waals surface area contributed by atoms with Crippen molar-refractivity contribution in [3.8, 4) is 0 Å². The minimum Gasteiger partial charge on any atom is -0.465 e. The van der Waals surface area contributed by atoms with Crippen molar-refractivity contribution in [1.29, 1.82) is 0 Å². The summed E-state index contributed by atoms with van der Waals surface area (Å²) < 4.78 is 16.1. The Morgan fingerprint density at radius 1 is 1.15 bits per heavy atom. The molecule has 0 saturated carbocycles. The highest BCUT2D eigenvalue weighted by Gasteiger charge is 2.41. The Balaban J connectivity index is 1.71. The van der Waals surface area contributed by atoms with Crippen LogP contribution < -0.4 is 4.90 Å². The molecule has 1 spiro atoms. The van der Waals surface area contributed by atoms with Crippen LogP contribution in [-0.4, -0.2) is 68.4 Å². The van der Waals surface area contributed by atoms with Crippen molar-refractivity contribution in [3.63, 3.8) is 0 Å². The van der Waals surface area contributed by atoms with Gasteiger partial charge in [0.05, 0.1) is 31.6 Å². The molecule has 2 aliphatic heterocycles. The molecular weight excluding hydrogens is 352 g/mol. The van der Waals surface area contributed by atoms with Gasteiger partial charge in [0.15, 0.2) is 5.79 Å². The summed E-state index contributed by atoms with van der Waals surface area (Å²) in [6, 6.07) is 6.59. The van der Waals surface area contributed by atoms with E-state index in [1.54, 1.807) is 29.2 Å². The summed E-state index contributed by atoms with van der Waals surface area (Å²) in [4.78, 5) is 40.0. The Bertz CT molecular complexity index is 719. The van der Waals surface area contributed by atoms with Gasteiger partial charge in [-0.15, -0.1) is 0 Å². The minimum atomic E-state index is -0.561. The average Bonchev–Trinajstić information content (AvgIpc) is 3.13. The summed E-state index contributed by atoms with van der Waals surface area (Å²) in [7, 11) is 1.28. The first-order valence-corrected chi connectivity index (χ1v) is 8.97. The number of hydrogen-bond donors (Lipinski definition) is 0. The fraction of sp³-hybridized carbons (Fsp3) is 0.526. The Morgan fingerprint density at radius 2 is 1.78 bits per heavy atom. The van der Waals surface area contributed by atoms with Gasteiger partial charge in [0.1, 0.15) is 6.54 Å². The highest BCUT2D eigenvalue weighted by atomic mass is 16.7. The van der Waals surface area contributed by atoms with Crippen LogP contribution in [0.2, 0.25) is 0 Å². The molecule has 0 aromatic heterocycles. The van der Waals surface area contributed by atoms with Gasteiger partial charge in [-0.1, -0.05) is 12.1 Å². The molecule has 146 valence electrons. The van der Waals surface area contributed by atoms with Gasteiger partial charge in [-0.3, -0.25) is 9.59 Å². The largest absolute Gasteiger partial charge is 0.465 e. The van der Waals surface area contributed by atoms with Crippen LogP contribution in [0.5, 0.6) is 0 Å². The van der Waals surface area contributed by atoms with Gasteiger partial charge in [0, 0.05) is 32.9 Å². The topological polar surface area (TPSA) is 85.4 Å². The Hall–Kier alpha value is -2.45. The number of carbonyl (C=O) groups excluding carboxylic acids is 3. The van der Waals surface area contributed by atoms with Gasteiger partial charge in [0.2, 0.25) is 11.8 Å². The van der Waals surface area contributed by atoms with E-state index in [2.05, 4.69) is 0 Å². The third-order valence-electron chi connectivity index (χ3n) is 4.97. The number of ether oxygens (including phenoxy) is 3. The van der Waals surface area contributed by atoms with Gasteiger partial charge in [-0.05, 0) is 12.1 Å². The number of methoxy groups -OCH3 is 1. The highest BCUT2D eigenvalue weighted by Crippen LogP contribution is 2.31. The molecular formula is C19H24N2O6. The van der Waals surface area contributed by atoms with Crippen LogP contribution in [0.15, 0.2) is 24.3 Å². The molecule has 8 nitrogen and oxygen atoms in total. The maximum atomic E-state index is 12.8. The third-order valence-corrected chi connectivity index (χ3v) is 4.97. The lowest BCUT2D eigenvalue weighted by Crippen LogP contribution is -2.50. The lowest BCUT2D eigenvalue weighted by molar-refractivity contribution is -0.187. The van der Waals surface area contributed by atoms with E-state index in [0.717, 1.165) is 0 Å². The van der Waals surface area contributed by atoms with Crippen molar-refractivity contribution >= 4 is 23.5 Å². The molecule has 0 radical (unpaired) electrons. The van der Waals surface area contributed by atoms with Crippen LogP contribution in [0.1, 0.15) is 30.1 Å². The zero-order valence-corrected chi connectivity index (χ0v) is 15.6. The van der Waals surface area contributed by atoms with Gasteiger partial charge < -0.3 is 24.0 Å². The molecule has 0 unspecified atom stereocenters. The SMILES string of the molecule is COC(=O)c1ccccc1N(CC(=O)N1CCC2(CC1)OCCO2)C(C)=O. The van der Waals surface area contributed by atoms with Crippen LogP contribution in [0.3, 0.4) is 0 Å². The molecule has 3 rings (SSSR count). The first-order valence-electron chi connectivity index (χ1n) is 8.97. The summed E-state index contributed by atoms with van der Waals surface area (Å²) in [5.74, 6) is -1.62. The number of esters is 1. The van der Waals surface area contributed by atoms with Crippen LogP contribution >= 0.6 is 0 Å². The zero-order valence-electron chi connectivity index (χ0n) is 15.6. The number of piperidine rings is 1. The monoisotopic (exact) mass is 376 g/mol. The second-order valence-corrected chi connectivity index (χ2v) is 6.60. The molecule has 2 saturated heterocycles. The lowest BCUT2D eigenvalue weighted by atomic mass is 10.0. The first kappa shape index (κ1) is 19.3. The maximum Gasteiger partial charge on any atom is 0.339 e. The molecule has 2 amide bonds. The van der Waals surface area contributed by atoms with Crippen molar-refractivity contribution in [2.75, 3.05) is 44.9 Å². The van der Waals surface area contributed by atoms with Gasteiger partial charge in [0.25, 0.3) is 0 Å². The smallest absolute Gasteiger partial charge is 0.339 e. The van der Waals surface area contributed by atoms with E-state index in [4.69, 9.17) is 14.2 Å². The lowest BCUT2D eigenvalue weighted by Gasteiger charge is -2.38. The fourth-order valence-electron chi connectivity index (χ4n) is 3.48. The predicted molar refractivity (Wildman–Crippen MR) is 96.3 cm³/mol. The quantitative estimate of drug-likeness (QED) is 0.734. The van der Waals surface area contributed by atoms with Crippen molar-refractivity contribution in [1.82, 2.24) is 4.90 Å². The maximum absolute atomic E-state index is 12.8. The van der Waals surface area contributed by atoms with Crippen LogP contribution in [-0.2, 0) is 23.8 Å². The predicted octanol–water partition coefficient (Wildman–Crippen LogP) is 1.19. The average molecular weight is 376 g/mol. The molecule has 1 aromatic rings. The third kappa shape index (κ3) is 4.12. The highest BCUT2D eigenvalue weighted by molar-refractivity contribution is 6.04. The molecule has 0 N–H and O–H groups in total. The number of carbonyl (C=O) groups is 3. The van der Waals surface area contributed by atoms with Crippen molar-refractivity contribution in [3.05, 3.63) is 29.8 Å². The fourth-order valence-corrected chi connectivity index (χ4v) is 3.48. The van der Waals surface area contributed by atoms with Gasteiger partial charge in [-0.25, -0.2) is 4.79 Å². The van der Waals surface area contributed by atoms with E-state index in [0.29, 0.717) is 44.8 Å². The molecule has 2 fully saturated rings. The molecule has 0 atom stereocenters. The number of amides is 2. The molecule has 2 aliphatic rings. The van der Waals surface area contributed by atoms with E-state index in [9.17, 15) is 14.4 Å². The molecule has 8 heteroatoms. The van der Waals surface area contributed by atoms with E-state index >= 15 is 0 Å². The number of likely N-dealkylation sites (tertiary alicyclic amines) is 1. The second-order valence-electron chi connectivity index (χ2n) is 6.60. The summed E-state index contributed by atoms with van der Waals surface area (Å²) in [5.41, 5.74) is 0.606. The van der Waals surface area contributed by atoms with Crippen LogP contribution in [0, 0.1) is 0 Å². The summed E-state index contributed by atoms with van der Waals surface area (Å²) in [6.45, 7) is 3.39. The molecule has 0 bridgehead atoms. The van der Waals surface area contributed by atoms with Gasteiger partial charge >= 0.3 is 5.97 Å². The van der Waals surface area contributed by atoms with Crippen LogP contribution in [0.25, 0.3) is 0 Å². The van der Waals surface area contributed by atoms with Crippen molar-refractivity contribution in [2.24, 2.45) is 0 Å². The molecule has 2 heterocycles. The number of para-hydroxylation sites is 1. The molecule has 27 heavy (non-hydrogen) atoms. The van der Waals surface area contributed by atoms with E-state index in [1.807, 2.05) is 0 Å². The van der Waals surface area contributed by atoms with E-state index < -0.39 is 11.8 Å². The minimum absolute atomic E-state index is 0.141. The number of nitrogens with zero attached hydrogens (tertiary/aromatic N) is 2. The number of hydrogen-bond acceptors (Lipinski definition) is 6. The Morgan fingerprint density at radius 3 is 2.37 bits per heavy atom. The van der Waals surface area contributed by atoms with E-state index in [1.165, 1.54) is 18.9 Å². The molecule has 0 aliphatic carbocycles. The first-order chi connectivity index (χ1) is 13.0. The van der Waals surface area contributed by atoms with Gasteiger partial charge in [-0.2, -0.15) is 0 Å². The Labute approximate surface area is 158 Å². The van der Waals surface area contributed by atoms with Crippen molar-refractivity contribution < 1.29 is 28.6 Å². The summed E-state index contributed by atoms with van der Waals surface area (Å²) in [6.07, 6.45) is 1.22. The molecule has 1 aromatic carbocycles. The number of rotatable bonds is 4. The summed E-state index contributed by atoms with van der Waals surface area (Å²) in [5, 5.41) is 0. The van der Waals surface area contributed by atoms with Crippen LogP contribution in [0.4, 0.5) is 5.69 Å². The van der Waals surface area contributed by atoms with E-state index in [-0.39, 0.29) is 23.9 Å². The number of benzene rings is 1. The summed E-state index contributed by atoms with van der Waals surface area (Å²) >= 11 is 0. The number of anilines is 1. The standard InChI is InChI=1S/C19H24N2O6/c1-14(22)21(16-6-4-3-5-15(16)18(24)25-2)13-17(23)20-9-7-19(8-10-20)26-11-12-27-19/h3-6H,7-13H2,1-2H3. The second kappa shape index (κ2) is 8.06. The zero-order chi connectivity index (χ0) is 19.4. The Kier molecular flexibility index (Phi) is 5.76. The normalized spacial score (nSPS) is 18.4.